The zero-order valence-corrected chi connectivity index (χ0v) is 11.9. The molecule has 0 radical (unpaired) electrons. The van der Waals surface area contributed by atoms with Crippen molar-refractivity contribution in [2.24, 2.45) is 0 Å². The van der Waals surface area contributed by atoms with Crippen molar-refractivity contribution in [3.05, 3.63) is 51.6 Å². The van der Waals surface area contributed by atoms with Gasteiger partial charge < -0.3 is 5.32 Å². The third-order valence-corrected chi connectivity index (χ3v) is 3.95. The molecule has 0 aliphatic heterocycles. The minimum Gasteiger partial charge on any atom is -0.377 e. The third kappa shape index (κ3) is 2.69. The van der Waals surface area contributed by atoms with Crippen LogP contribution in [0.2, 0.25) is 5.02 Å². The first-order valence-corrected chi connectivity index (χ1v) is 7.17. The molecule has 0 fully saturated rings. The molecule has 0 aliphatic carbocycles. The van der Waals surface area contributed by atoms with E-state index >= 15 is 0 Å². The lowest BCUT2D eigenvalue weighted by molar-refractivity contribution is 1.08. The molecule has 2 heterocycles. The van der Waals surface area contributed by atoms with Gasteiger partial charge >= 0.3 is 0 Å². The van der Waals surface area contributed by atoms with Gasteiger partial charge in [-0.3, -0.25) is 4.98 Å². The number of thiazole rings is 1. The molecule has 0 atom stereocenters. The summed E-state index contributed by atoms with van der Waals surface area (Å²) in [5.74, 6) is 0. The second-order valence-electron chi connectivity index (χ2n) is 4.26. The Morgan fingerprint density at radius 2 is 2.26 bits per heavy atom. The first kappa shape index (κ1) is 12.4. The van der Waals surface area contributed by atoms with Gasteiger partial charge in [0.2, 0.25) is 0 Å². The molecule has 2 aromatic heterocycles. The standard InChI is InChI=1S/C14H12ClN3S/c1-9-8-19-13(18-9)7-17-12-6-11(15)5-10-3-2-4-16-14(10)12/h2-6,8,17H,7H2,1H3. The molecule has 0 spiro atoms. The smallest absolute Gasteiger partial charge is 0.112 e. The highest BCUT2D eigenvalue weighted by atomic mass is 35.5. The van der Waals surface area contributed by atoms with Crippen LogP contribution in [0, 0.1) is 6.92 Å². The predicted octanol–water partition coefficient (Wildman–Crippen LogP) is 4.27. The van der Waals surface area contributed by atoms with Gasteiger partial charge in [0.1, 0.15) is 5.01 Å². The van der Waals surface area contributed by atoms with E-state index in [1.54, 1.807) is 17.5 Å². The van der Waals surface area contributed by atoms with Crippen molar-refractivity contribution in [2.75, 3.05) is 5.32 Å². The van der Waals surface area contributed by atoms with Crippen LogP contribution in [0.25, 0.3) is 10.9 Å². The summed E-state index contributed by atoms with van der Waals surface area (Å²) in [4.78, 5) is 8.83. The van der Waals surface area contributed by atoms with E-state index in [-0.39, 0.29) is 0 Å². The Labute approximate surface area is 120 Å². The zero-order valence-electron chi connectivity index (χ0n) is 10.4. The maximum absolute atomic E-state index is 6.13. The van der Waals surface area contributed by atoms with E-state index in [1.807, 2.05) is 36.6 Å². The predicted molar refractivity (Wildman–Crippen MR) is 80.9 cm³/mol. The number of fused-ring (bicyclic) bond motifs is 1. The van der Waals surface area contributed by atoms with Crippen molar-refractivity contribution in [2.45, 2.75) is 13.5 Å². The lowest BCUT2D eigenvalue weighted by Crippen LogP contribution is -2.00. The Hall–Kier alpha value is -1.65. The number of hydrogen-bond acceptors (Lipinski definition) is 4. The number of anilines is 1. The van der Waals surface area contributed by atoms with Gasteiger partial charge in [0.05, 0.1) is 17.7 Å². The van der Waals surface area contributed by atoms with Gasteiger partial charge in [-0.25, -0.2) is 4.98 Å². The molecule has 1 N–H and O–H groups in total. The Balaban J connectivity index is 1.91. The van der Waals surface area contributed by atoms with E-state index in [0.717, 1.165) is 27.3 Å². The van der Waals surface area contributed by atoms with Crippen molar-refractivity contribution >= 4 is 39.5 Å². The number of nitrogens with one attached hydrogen (secondary N) is 1. The van der Waals surface area contributed by atoms with Gasteiger partial charge in [0, 0.05) is 27.7 Å². The molecule has 0 unspecified atom stereocenters. The molecule has 5 heteroatoms. The third-order valence-electron chi connectivity index (χ3n) is 2.77. The van der Waals surface area contributed by atoms with Crippen LogP contribution in [-0.2, 0) is 6.54 Å². The fourth-order valence-corrected chi connectivity index (χ4v) is 2.88. The van der Waals surface area contributed by atoms with Crippen molar-refractivity contribution in [1.82, 2.24) is 9.97 Å². The Morgan fingerprint density at radius 3 is 3.05 bits per heavy atom. The molecule has 0 aliphatic rings. The summed E-state index contributed by atoms with van der Waals surface area (Å²) in [5.41, 5.74) is 2.92. The summed E-state index contributed by atoms with van der Waals surface area (Å²) < 4.78 is 0. The lowest BCUT2D eigenvalue weighted by Gasteiger charge is -2.08. The number of pyridine rings is 1. The van der Waals surface area contributed by atoms with Crippen molar-refractivity contribution in [1.29, 1.82) is 0 Å². The number of hydrogen-bond donors (Lipinski definition) is 1. The van der Waals surface area contributed by atoms with Crippen LogP contribution >= 0.6 is 22.9 Å². The minimum atomic E-state index is 0.685. The van der Waals surface area contributed by atoms with Crippen LogP contribution in [0.3, 0.4) is 0 Å². The maximum Gasteiger partial charge on any atom is 0.112 e. The van der Waals surface area contributed by atoms with E-state index in [2.05, 4.69) is 15.3 Å². The summed E-state index contributed by atoms with van der Waals surface area (Å²) in [7, 11) is 0. The molecule has 3 aromatic rings. The monoisotopic (exact) mass is 289 g/mol. The van der Waals surface area contributed by atoms with Gasteiger partial charge in [-0.05, 0) is 25.1 Å². The van der Waals surface area contributed by atoms with Gasteiger partial charge in [0.25, 0.3) is 0 Å². The summed E-state index contributed by atoms with van der Waals surface area (Å²) in [5, 5.41) is 8.20. The lowest BCUT2D eigenvalue weighted by atomic mass is 10.2. The number of rotatable bonds is 3. The van der Waals surface area contributed by atoms with Crippen LogP contribution < -0.4 is 5.32 Å². The fourth-order valence-electron chi connectivity index (χ4n) is 1.95. The number of benzene rings is 1. The molecule has 0 amide bonds. The second-order valence-corrected chi connectivity index (χ2v) is 5.64. The number of aromatic nitrogens is 2. The molecule has 96 valence electrons. The average molecular weight is 290 g/mol. The molecule has 3 rings (SSSR count). The highest BCUT2D eigenvalue weighted by Crippen LogP contribution is 2.26. The summed E-state index contributed by atoms with van der Waals surface area (Å²) >= 11 is 7.78. The molecule has 3 nitrogen and oxygen atoms in total. The topological polar surface area (TPSA) is 37.8 Å². The van der Waals surface area contributed by atoms with Crippen molar-refractivity contribution < 1.29 is 0 Å². The quantitative estimate of drug-likeness (QED) is 0.782. The Morgan fingerprint density at radius 1 is 1.37 bits per heavy atom. The number of nitrogens with zero attached hydrogens (tertiary/aromatic N) is 2. The second kappa shape index (κ2) is 5.15. The number of aryl methyl sites for hydroxylation is 1. The first-order valence-electron chi connectivity index (χ1n) is 5.91. The maximum atomic E-state index is 6.13. The van der Waals surface area contributed by atoms with Gasteiger partial charge in [0.15, 0.2) is 0 Å². The van der Waals surface area contributed by atoms with Gasteiger partial charge in [-0.1, -0.05) is 17.7 Å². The van der Waals surface area contributed by atoms with Crippen LogP contribution in [-0.4, -0.2) is 9.97 Å². The molecular weight excluding hydrogens is 278 g/mol. The fraction of sp³-hybridized carbons (Fsp3) is 0.143. The van der Waals surface area contributed by atoms with E-state index in [9.17, 15) is 0 Å². The highest BCUT2D eigenvalue weighted by molar-refractivity contribution is 7.09. The highest BCUT2D eigenvalue weighted by Gasteiger charge is 2.05. The summed E-state index contributed by atoms with van der Waals surface area (Å²) in [6.45, 7) is 2.68. The van der Waals surface area contributed by atoms with Crippen LogP contribution in [0.4, 0.5) is 5.69 Å². The van der Waals surface area contributed by atoms with Gasteiger partial charge in [-0.2, -0.15) is 0 Å². The van der Waals surface area contributed by atoms with E-state index in [0.29, 0.717) is 11.6 Å². The van der Waals surface area contributed by atoms with Crippen LogP contribution in [0.15, 0.2) is 35.8 Å². The van der Waals surface area contributed by atoms with E-state index < -0.39 is 0 Å². The van der Waals surface area contributed by atoms with Crippen molar-refractivity contribution in [3.8, 4) is 0 Å². The largest absolute Gasteiger partial charge is 0.377 e. The summed E-state index contributed by atoms with van der Waals surface area (Å²) in [6.07, 6.45) is 1.79. The average Bonchev–Trinajstić information content (AvgIpc) is 2.81. The van der Waals surface area contributed by atoms with E-state index in [4.69, 9.17) is 11.6 Å². The first-order chi connectivity index (χ1) is 9.22. The zero-order chi connectivity index (χ0) is 13.2. The normalized spacial score (nSPS) is 10.8. The molecule has 1 aromatic carbocycles. The van der Waals surface area contributed by atoms with Gasteiger partial charge in [-0.15, -0.1) is 11.3 Å². The van der Waals surface area contributed by atoms with E-state index in [1.165, 1.54) is 0 Å². The van der Waals surface area contributed by atoms with Crippen LogP contribution in [0.1, 0.15) is 10.7 Å². The number of halogens is 1. The molecular formula is C14H12ClN3S. The molecule has 19 heavy (non-hydrogen) atoms. The van der Waals surface area contributed by atoms with Crippen LogP contribution in [0.5, 0.6) is 0 Å². The molecule has 0 saturated carbocycles. The minimum absolute atomic E-state index is 0.685. The molecule has 0 bridgehead atoms. The SMILES string of the molecule is Cc1csc(CNc2cc(Cl)cc3cccnc23)n1. The van der Waals surface area contributed by atoms with Crippen molar-refractivity contribution in [3.63, 3.8) is 0 Å². The molecule has 0 saturated heterocycles. The summed E-state index contributed by atoms with van der Waals surface area (Å²) in [6, 6.07) is 7.74. The Bertz CT molecular complexity index is 724. The Kier molecular flexibility index (Phi) is 3.36.